The molecule has 116 valence electrons. The first kappa shape index (κ1) is 15.9. The number of nitrogens with zero attached hydrogens (tertiary/aromatic N) is 1. The lowest BCUT2D eigenvalue weighted by molar-refractivity contribution is -0.117. The predicted molar refractivity (Wildman–Crippen MR) is 78.1 cm³/mol. The summed E-state index contributed by atoms with van der Waals surface area (Å²) in [6.45, 7) is 2.99. The number of piperidine rings is 1. The normalized spacial score (nSPS) is 18.8. The summed E-state index contributed by atoms with van der Waals surface area (Å²) < 4.78 is 26.5. The molecule has 0 saturated carbocycles. The van der Waals surface area contributed by atoms with Gasteiger partial charge >= 0.3 is 0 Å². The fourth-order valence-corrected chi connectivity index (χ4v) is 2.61. The number of hydrogen-bond donors (Lipinski definition) is 2. The summed E-state index contributed by atoms with van der Waals surface area (Å²) in [5.74, 6) is -1.02. The van der Waals surface area contributed by atoms with Gasteiger partial charge in [-0.15, -0.1) is 0 Å². The molecule has 1 atom stereocenters. The molecule has 2 rings (SSSR count). The quantitative estimate of drug-likeness (QED) is 0.871. The van der Waals surface area contributed by atoms with Gasteiger partial charge in [-0.25, -0.2) is 8.78 Å². The van der Waals surface area contributed by atoms with Crippen molar-refractivity contribution in [3.63, 3.8) is 0 Å². The second-order valence-electron chi connectivity index (χ2n) is 5.58. The second-order valence-corrected chi connectivity index (χ2v) is 5.58. The summed E-state index contributed by atoms with van der Waals surface area (Å²) in [4.78, 5) is 13.8. The molecule has 1 aromatic rings. The molecule has 0 aliphatic carbocycles. The van der Waals surface area contributed by atoms with Gasteiger partial charge in [0.05, 0.1) is 12.2 Å². The lowest BCUT2D eigenvalue weighted by Crippen LogP contribution is -2.39. The zero-order chi connectivity index (χ0) is 15.2. The van der Waals surface area contributed by atoms with Gasteiger partial charge in [-0.3, -0.25) is 9.69 Å². The minimum absolute atomic E-state index is 0.118. The van der Waals surface area contributed by atoms with E-state index in [0.29, 0.717) is 5.92 Å². The maximum atomic E-state index is 13.4. The van der Waals surface area contributed by atoms with E-state index in [1.165, 1.54) is 0 Å². The minimum atomic E-state index is -0.635. The van der Waals surface area contributed by atoms with Crippen molar-refractivity contribution < 1.29 is 13.6 Å². The lowest BCUT2D eigenvalue weighted by Gasteiger charge is -2.27. The summed E-state index contributed by atoms with van der Waals surface area (Å²) >= 11 is 0. The van der Waals surface area contributed by atoms with Gasteiger partial charge in [0.15, 0.2) is 0 Å². The molecule has 1 unspecified atom stereocenters. The van der Waals surface area contributed by atoms with Crippen molar-refractivity contribution in [1.29, 1.82) is 0 Å². The van der Waals surface area contributed by atoms with E-state index in [4.69, 9.17) is 0 Å². The Morgan fingerprint density at radius 1 is 1.48 bits per heavy atom. The molecule has 4 nitrogen and oxygen atoms in total. The van der Waals surface area contributed by atoms with Crippen LogP contribution in [0.4, 0.5) is 14.5 Å². The third-order valence-electron chi connectivity index (χ3n) is 3.58. The van der Waals surface area contributed by atoms with E-state index >= 15 is 0 Å². The van der Waals surface area contributed by atoms with Crippen molar-refractivity contribution in [2.24, 2.45) is 5.92 Å². The molecule has 1 amide bonds. The first-order chi connectivity index (χ1) is 10.0. The molecular formula is C15H21F2N3O. The number of halogens is 2. The van der Waals surface area contributed by atoms with Crippen molar-refractivity contribution in [3.8, 4) is 0 Å². The highest BCUT2D eigenvalue weighted by molar-refractivity contribution is 5.92. The largest absolute Gasteiger partial charge is 0.322 e. The number of carbonyl (C=O) groups is 1. The van der Waals surface area contributed by atoms with E-state index in [1.807, 2.05) is 11.9 Å². The predicted octanol–water partition coefficient (Wildman–Crippen LogP) is 1.83. The molecule has 1 saturated heterocycles. The number of rotatable bonds is 5. The van der Waals surface area contributed by atoms with Gasteiger partial charge in [-0.05, 0) is 51.0 Å². The van der Waals surface area contributed by atoms with Gasteiger partial charge in [0.25, 0.3) is 0 Å². The monoisotopic (exact) mass is 297 g/mol. The Bertz CT molecular complexity index is 490. The van der Waals surface area contributed by atoms with Crippen LogP contribution in [0.3, 0.4) is 0 Å². The van der Waals surface area contributed by atoms with Crippen LogP contribution in [0.1, 0.15) is 12.8 Å². The fourth-order valence-electron chi connectivity index (χ4n) is 2.61. The number of likely N-dealkylation sites (N-methyl/N-ethyl adjacent to an activating group) is 1. The van der Waals surface area contributed by atoms with Crippen LogP contribution in [0, 0.1) is 17.6 Å². The van der Waals surface area contributed by atoms with Crippen molar-refractivity contribution in [2.45, 2.75) is 12.8 Å². The average molecular weight is 297 g/mol. The van der Waals surface area contributed by atoms with Crippen LogP contribution in [0.25, 0.3) is 0 Å². The fraction of sp³-hybridized carbons (Fsp3) is 0.533. The average Bonchev–Trinajstić information content (AvgIpc) is 2.43. The maximum Gasteiger partial charge on any atom is 0.238 e. The van der Waals surface area contributed by atoms with Crippen LogP contribution in [0.15, 0.2) is 18.2 Å². The van der Waals surface area contributed by atoms with Crippen LogP contribution in [0.2, 0.25) is 0 Å². The number of nitrogens with one attached hydrogen (secondary N) is 2. The van der Waals surface area contributed by atoms with E-state index < -0.39 is 11.6 Å². The number of amides is 1. The molecule has 21 heavy (non-hydrogen) atoms. The molecular weight excluding hydrogens is 276 g/mol. The Balaban J connectivity index is 1.81. The molecule has 1 heterocycles. The summed E-state index contributed by atoms with van der Waals surface area (Å²) in [7, 11) is 1.86. The van der Waals surface area contributed by atoms with Gasteiger partial charge in [0, 0.05) is 12.6 Å². The van der Waals surface area contributed by atoms with Gasteiger partial charge in [-0.2, -0.15) is 0 Å². The first-order valence-corrected chi connectivity index (χ1v) is 7.19. The van der Waals surface area contributed by atoms with E-state index in [0.717, 1.165) is 50.7 Å². The van der Waals surface area contributed by atoms with Crippen LogP contribution in [-0.4, -0.2) is 44.0 Å². The lowest BCUT2D eigenvalue weighted by atomic mass is 9.99. The second kappa shape index (κ2) is 7.47. The molecule has 1 fully saturated rings. The van der Waals surface area contributed by atoms with E-state index in [9.17, 15) is 13.6 Å². The van der Waals surface area contributed by atoms with Gasteiger partial charge in [0.1, 0.15) is 11.6 Å². The van der Waals surface area contributed by atoms with Crippen molar-refractivity contribution in [1.82, 2.24) is 10.2 Å². The molecule has 0 aromatic heterocycles. The molecule has 1 aliphatic heterocycles. The highest BCUT2D eigenvalue weighted by atomic mass is 19.1. The van der Waals surface area contributed by atoms with Crippen LogP contribution < -0.4 is 10.6 Å². The highest BCUT2D eigenvalue weighted by Gasteiger charge is 2.17. The summed E-state index contributed by atoms with van der Waals surface area (Å²) in [5, 5.41) is 5.74. The minimum Gasteiger partial charge on any atom is -0.322 e. The smallest absolute Gasteiger partial charge is 0.238 e. The number of anilines is 1. The third-order valence-corrected chi connectivity index (χ3v) is 3.58. The number of hydrogen-bond acceptors (Lipinski definition) is 3. The molecule has 0 bridgehead atoms. The Morgan fingerprint density at radius 2 is 2.29 bits per heavy atom. The molecule has 2 N–H and O–H groups in total. The van der Waals surface area contributed by atoms with Gasteiger partial charge < -0.3 is 10.6 Å². The zero-order valence-corrected chi connectivity index (χ0v) is 12.2. The van der Waals surface area contributed by atoms with Gasteiger partial charge in [0.2, 0.25) is 5.91 Å². The first-order valence-electron chi connectivity index (χ1n) is 7.19. The summed E-state index contributed by atoms with van der Waals surface area (Å²) in [6, 6.07) is 3.01. The van der Waals surface area contributed by atoms with Gasteiger partial charge in [-0.1, -0.05) is 0 Å². The molecule has 0 spiro atoms. The molecule has 6 heteroatoms. The Hall–Kier alpha value is -1.53. The van der Waals surface area contributed by atoms with E-state index in [-0.39, 0.29) is 18.1 Å². The number of benzene rings is 1. The molecule has 1 aromatic carbocycles. The standard InChI is InChI=1S/C15H21F2N3O/c1-20(9-11-3-2-6-18-8-11)10-15(21)19-14-7-12(16)4-5-13(14)17/h4-5,7,11,18H,2-3,6,8-10H2,1H3,(H,19,21). The number of carbonyl (C=O) groups excluding carboxylic acids is 1. The highest BCUT2D eigenvalue weighted by Crippen LogP contribution is 2.15. The van der Waals surface area contributed by atoms with E-state index in [2.05, 4.69) is 10.6 Å². The molecule has 0 radical (unpaired) electrons. The summed E-state index contributed by atoms with van der Waals surface area (Å²) in [6.07, 6.45) is 2.30. The van der Waals surface area contributed by atoms with Crippen molar-refractivity contribution in [3.05, 3.63) is 29.8 Å². The summed E-state index contributed by atoms with van der Waals surface area (Å²) in [5.41, 5.74) is -0.118. The van der Waals surface area contributed by atoms with Crippen molar-refractivity contribution in [2.75, 3.05) is 38.5 Å². The SMILES string of the molecule is CN(CC(=O)Nc1cc(F)ccc1F)CC1CCCNC1. The molecule has 1 aliphatic rings. The Kier molecular flexibility index (Phi) is 5.64. The Morgan fingerprint density at radius 3 is 3.00 bits per heavy atom. The Labute approximate surface area is 123 Å². The van der Waals surface area contributed by atoms with Crippen LogP contribution >= 0.6 is 0 Å². The van der Waals surface area contributed by atoms with Crippen LogP contribution in [-0.2, 0) is 4.79 Å². The zero-order valence-electron chi connectivity index (χ0n) is 12.2. The van der Waals surface area contributed by atoms with Crippen molar-refractivity contribution >= 4 is 11.6 Å². The maximum absolute atomic E-state index is 13.4. The third kappa shape index (κ3) is 5.06. The van der Waals surface area contributed by atoms with E-state index in [1.54, 1.807) is 0 Å². The van der Waals surface area contributed by atoms with Crippen LogP contribution in [0.5, 0.6) is 0 Å². The topological polar surface area (TPSA) is 44.4 Å².